The molecule has 0 atom stereocenters. The molecule has 0 bridgehead atoms. The van der Waals surface area contributed by atoms with Gasteiger partial charge in [-0.05, 0) is 61.0 Å². The number of hydrogen-bond donors (Lipinski definition) is 2. The van der Waals surface area contributed by atoms with Gasteiger partial charge in [0.2, 0.25) is 0 Å². The number of anilines is 2. The zero-order valence-corrected chi connectivity index (χ0v) is 14.7. The van der Waals surface area contributed by atoms with Gasteiger partial charge in [0.25, 0.3) is 0 Å². The second-order valence-electron chi connectivity index (χ2n) is 5.87. The molecule has 0 fully saturated rings. The lowest BCUT2D eigenvalue weighted by Crippen LogP contribution is -2.27. The van der Waals surface area contributed by atoms with Gasteiger partial charge in [-0.3, -0.25) is 5.32 Å². The molecule has 5 nitrogen and oxygen atoms in total. The molecule has 0 saturated heterocycles. The summed E-state index contributed by atoms with van der Waals surface area (Å²) in [7, 11) is 0. The summed E-state index contributed by atoms with van der Waals surface area (Å²) >= 11 is 3.36. The standard InChI is InChI=1S/C16H18BrFN2O3/c1-16(2,3)23-15(21)20-13-8-10(4-5-12(13)18)19-9-14-11(17)6-7-22-14/h4-8,19H,9H2,1-3H3,(H,20,21). The number of rotatable bonds is 4. The average Bonchev–Trinajstić information content (AvgIpc) is 2.83. The zero-order valence-electron chi connectivity index (χ0n) is 13.1. The van der Waals surface area contributed by atoms with Crippen molar-refractivity contribution in [1.82, 2.24) is 0 Å². The lowest BCUT2D eigenvalue weighted by molar-refractivity contribution is 0.0635. The highest BCUT2D eigenvalue weighted by atomic mass is 79.9. The Morgan fingerprint density at radius 2 is 2.09 bits per heavy atom. The summed E-state index contributed by atoms with van der Waals surface area (Å²) in [6.07, 6.45) is 0.865. The van der Waals surface area contributed by atoms with Gasteiger partial charge in [0, 0.05) is 5.69 Å². The fourth-order valence-electron chi connectivity index (χ4n) is 1.78. The van der Waals surface area contributed by atoms with Gasteiger partial charge in [0.05, 0.1) is 23.0 Å². The molecule has 0 aliphatic rings. The van der Waals surface area contributed by atoms with Crippen LogP contribution in [-0.4, -0.2) is 11.7 Å². The molecule has 0 radical (unpaired) electrons. The molecule has 0 aliphatic carbocycles. The van der Waals surface area contributed by atoms with Crippen molar-refractivity contribution < 1.29 is 18.3 Å². The van der Waals surface area contributed by atoms with E-state index in [4.69, 9.17) is 9.15 Å². The maximum atomic E-state index is 13.8. The van der Waals surface area contributed by atoms with Gasteiger partial charge in [-0.2, -0.15) is 0 Å². The fraction of sp³-hybridized carbons (Fsp3) is 0.312. The first-order valence-electron chi connectivity index (χ1n) is 7.00. The molecule has 0 saturated carbocycles. The molecule has 23 heavy (non-hydrogen) atoms. The lowest BCUT2D eigenvalue weighted by atomic mass is 10.2. The van der Waals surface area contributed by atoms with Crippen LogP contribution in [0.1, 0.15) is 26.5 Å². The van der Waals surface area contributed by atoms with Crippen molar-refractivity contribution in [1.29, 1.82) is 0 Å². The highest BCUT2D eigenvalue weighted by molar-refractivity contribution is 9.10. The highest BCUT2D eigenvalue weighted by Crippen LogP contribution is 2.23. The van der Waals surface area contributed by atoms with Crippen LogP contribution in [0.4, 0.5) is 20.6 Å². The van der Waals surface area contributed by atoms with Crippen LogP contribution in [0.15, 0.2) is 39.4 Å². The van der Waals surface area contributed by atoms with Crippen LogP contribution >= 0.6 is 15.9 Å². The number of carbonyl (C=O) groups excluding carboxylic acids is 1. The van der Waals surface area contributed by atoms with Crippen LogP contribution < -0.4 is 10.6 Å². The summed E-state index contributed by atoms with van der Waals surface area (Å²) in [5.74, 6) is 0.177. The third-order valence-electron chi connectivity index (χ3n) is 2.75. The predicted molar refractivity (Wildman–Crippen MR) is 90.0 cm³/mol. The summed E-state index contributed by atoms with van der Waals surface area (Å²) in [5.41, 5.74) is 0.0330. The minimum absolute atomic E-state index is 0.0442. The Morgan fingerprint density at radius 3 is 2.70 bits per heavy atom. The third kappa shape index (κ3) is 5.28. The van der Waals surface area contributed by atoms with E-state index < -0.39 is 17.5 Å². The van der Waals surface area contributed by atoms with E-state index in [-0.39, 0.29) is 5.69 Å². The van der Waals surface area contributed by atoms with Gasteiger partial charge in [0.1, 0.15) is 17.2 Å². The quantitative estimate of drug-likeness (QED) is 0.765. The molecular weight excluding hydrogens is 367 g/mol. The summed E-state index contributed by atoms with van der Waals surface area (Å²) in [4.78, 5) is 11.7. The first-order valence-corrected chi connectivity index (χ1v) is 7.79. The van der Waals surface area contributed by atoms with Gasteiger partial charge in [0.15, 0.2) is 0 Å². The molecule has 124 valence electrons. The van der Waals surface area contributed by atoms with Gasteiger partial charge >= 0.3 is 6.09 Å². The van der Waals surface area contributed by atoms with Crippen LogP contribution in [-0.2, 0) is 11.3 Å². The molecule has 0 aliphatic heterocycles. The van der Waals surface area contributed by atoms with Crippen LogP contribution in [0.3, 0.4) is 0 Å². The van der Waals surface area contributed by atoms with Crippen LogP contribution in [0.5, 0.6) is 0 Å². The molecule has 1 aromatic heterocycles. The van der Waals surface area contributed by atoms with E-state index in [2.05, 4.69) is 26.6 Å². The minimum Gasteiger partial charge on any atom is -0.466 e. The second kappa shape index (κ2) is 7.04. The fourth-order valence-corrected chi connectivity index (χ4v) is 2.12. The molecular formula is C16H18BrFN2O3. The van der Waals surface area contributed by atoms with E-state index in [1.165, 1.54) is 12.1 Å². The van der Waals surface area contributed by atoms with Crippen molar-refractivity contribution >= 4 is 33.4 Å². The molecule has 1 aromatic carbocycles. The van der Waals surface area contributed by atoms with Crippen molar-refractivity contribution in [2.24, 2.45) is 0 Å². The number of benzene rings is 1. The van der Waals surface area contributed by atoms with E-state index in [0.29, 0.717) is 12.2 Å². The van der Waals surface area contributed by atoms with Crippen LogP contribution in [0, 0.1) is 5.82 Å². The van der Waals surface area contributed by atoms with Crippen molar-refractivity contribution in [2.45, 2.75) is 32.9 Å². The number of amides is 1. The first-order chi connectivity index (χ1) is 10.7. The first kappa shape index (κ1) is 17.3. The number of nitrogens with one attached hydrogen (secondary N) is 2. The number of ether oxygens (including phenoxy) is 1. The Bertz CT molecular complexity index is 695. The van der Waals surface area contributed by atoms with Crippen molar-refractivity contribution in [3.63, 3.8) is 0 Å². The molecule has 1 heterocycles. The maximum Gasteiger partial charge on any atom is 0.412 e. The number of hydrogen-bond acceptors (Lipinski definition) is 4. The minimum atomic E-state index is -0.706. The topological polar surface area (TPSA) is 63.5 Å². The zero-order chi connectivity index (χ0) is 17.0. The molecule has 1 amide bonds. The normalized spacial score (nSPS) is 11.2. The molecule has 7 heteroatoms. The molecule has 2 rings (SSSR count). The summed E-state index contributed by atoms with van der Waals surface area (Å²) in [6, 6.07) is 6.13. The average molecular weight is 385 g/mol. The largest absolute Gasteiger partial charge is 0.466 e. The maximum absolute atomic E-state index is 13.8. The van der Waals surface area contributed by atoms with Crippen molar-refractivity contribution in [2.75, 3.05) is 10.6 Å². The van der Waals surface area contributed by atoms with Gasteiger partial charge in [-0.1, -0.05) is 0 Å². The van der Waals surface area contributed by atoms with E-state index >= 15 is 0 Å². The van der Waals surface area contributed by atoms with Gasteiger partial charge in [-0.25, -0.2) is 9.18 Å². The van der Waals surface area contributed by atoms with E-state index in [0.717, 1.165) is 10.2 Å². The summed E-state index contributed by atoms with van der Waals surface area (Å²) in [5, 5.41) is 5.50. The Morgan fingerprint density at radius 1 is 1.35 bits per heavy atom. The molecule has 0 unspecified atom stereocenters. The number of furan rings is 1. The predicted octanol–water partition coefficient (Wildman–Crippen LogP) is 5.14. The number of halogens is 2. The Labute approximate surface area is 142 Å². The SMILES string of the molecule is CC(C)(C)OC(=O)Nc1cc(NCc2occc2Br)ccc1F. The van der Waals surface area contributed by atoms with Crippen molar-refractivity contribution in [3.05, 3.63) is 46.6 Å². The highest BCUT2D eigenvalue weighted by Gasteiger charge is 2.17. The third-order valence-corrected chi connectivity index (χ3v) is 3.45. The molecule has 2 N–H and O–H groups in total. The smallest absolute Gasteiger partial charge is 0.412 e. The Balaban J connectivity index is 2.03. The summed E-state index contributed by atoms with van der Waals surface area (Å²) in [6.45, 7) is 5.64. The lowest BCUT2D eigenvalue weighted by Gasteiger charge is -2.20. The van der Waals surface area contributed by atoms with Gasteiger partial charge < -0.3 is 14.5 Å². The Kier molecular flexibility index (Phi) is 5.30. The van der Waals surface area contributed by atoms with E-state index in [9.17, 15) is 9.18 Å². The van der Waals surface area contributed by atoms with E-state index in [1.54, 1.807) is 39.2 Å². The molecule has 2 aromatic rings. The summed E-state index contributed by atoms with van der Waals surface area (Å²) < 4.78 is 25.1. The second-order valence-corrected chi connectivity index (χ2v) is 6.72. The van der Waals surface area contributed by atoms with Crippen LogP contribution in [0.2, 0.25) is 0 Å². The van der Waals surface area contributed by atoms with Crippen LogP contribution in [0.25, 0.3) is 0 Å². The number of carbonyl (C=O) groups is 1. The van der Waals surface area contributed by atoms with Gasteiger partial charge in [-0.15, -0.1) is 0 Å². The van der Waals surface area contributed by atoms with Crippen molar-refractivity contribution in [3.8, 4) is 0 Å². The van der Waals surface area contributed by atoms with E-state index in [1.807, 2.05) is 0 Å². The monoisotopic (exact) mass is 384 g/mol. The molecule has 0 spiro atoms. The Hall–Kier alpha value is -2.02.